The summed E-state index contributed by atoms with van der Waals surface area (Å²) in [6, 6.07) is 15.1. The average Bonchev–Trinajstić information content (AvgIpc) is 2.68. The van der Waals surface area contributed by atoms with Crippen molar-refractivity contribution >= 4 is 17.5 Å². The molecule has 0 saturated heterocycles. The Morgan fingerprint density at radius 1 is 1.04 bits per heavy atom. The molecule has 2 N–H and O–H groups in total. The molecule has 1 unspecified atom stereocenters. The molecule has 0 spiro atoms. The lowest BCUT2D eigenvalue weighted by molar-refractivity contribution is -0.117. The van der Waals surface area contributed by atoms with Crippen LogP contribution in [0.2, 0.25) is 0 Å². The van der Waals surface area contributed by atoms with E-state index in [-0.39, 0.29) is 17.7 Å². The van der Waals surface area contributed by atoms with Crippen LogP contribution in [0.25, 0.3) is 0 Å². The third-order valence-corrected chi connectivity index (χ3v) is 4.50. The van der Waals surface area contributed by atoms with Crippen molar-refractivity contribution in [2.24, 2.45) is 5.92 Å². The fourth-order valence-corrected chi connectivity index (χ4v) is 2.92. The van der Waals surface area contributed by atoms with E-state index in [9.17, 15) is 9.59 Å². The van der Waals surface area contributed by atoms with Crippen LogP contribution in [0.1, 0.15) is 48.2 Å². The first-order valence-electron chi connectivity index (χ1n) is 9.67. The van der Waals surface area contributed by atoms with Crippen molar-refractivity contribution in [3.63, 3.8) is 0 Å². The Hall–Kier alpha value is -2.66. The number of methoxy groups -OCH3 is 1. The number of hydrogen-bond acceptors (Lipinski definition) is 3. The highest BCUT2D eigenvalue weighted by Crippen LogP contribution is 2.20. The molecule has 0 radical (unpaired) electrons. The van der Waals surface area contributed by atoms with Gasteiger partial charge in [-0.15, -0.1) is 0 Å². The number of carbonyl (C=O) groups is 2. The molecule has 5 nitrogen and oxygen atoms in total. The van der Waals surface area contributed by atoms with Gasteiger partial charge in [-0.3, -0.25) is 9.59 Å². The number of benzene rings is 2. The molecule has 1 atom stereocenters. The zero-order valence-electron chi connectivity index (χ0n) is 17.1. The highest BCUT2D eigenvalue weighted by molar-refractivity contribution is 5.98. The molecule has 2 amide bonds. The Morgan fingerprint density at radius 3 is 2.39 bits per heavy atom. The molecule has 2 rings (SSSR count). The van der Waals surface area contributed by atoms with Gasteiger partial charge >= 0.3 is 0 Å². The number of amides is 2. The van der Waals surface area contributed by atoms with E-state index in [1.165, 1.54) is 5.56 Å². The molecule has 2 aromatic carbocycles. The van der Waals surface area contributed by atoms with Crippen molar-refractivity contribution < 1.29 is 14.3 Å². The minimum absolute atomic E-state index is 0.103. The Morgan fingerprint density at radius 2 is 1.75 bits per heavy atom. The fraction of sp³-hybridized carbons (Fsp3) is 0.391. The van der Waals surface area contributed by atoms with Gasteiger partial charge in [-0.2, -0.15) is 0 Å². The Labute approximate surface area is 167 Å². The van der Waals surface area contributed by atoms with Crippen molar-refractivity contribution in [1.82, 2.24) is 5.32 Å². The molecule has 0 aromatic heterocycles. The van der Waals surface area contributed by atoms with E-state index in [0.29, 0.717) is 30.3 Å². The molecule has 0 fully saturated rings. The summed E-state index contributed by atoms with van der Waals surface area (Å²) in [6.07, 6.45) is 1.03. The predicted molar refractivity (Wildman–Crippen MR) is 113 cm³/mol. The van der Waals surface area contributed by atoms with Crippen LogP contribution < -0.4 is 10.6 Å². The van der Waals surface area contributed by atoms with Gasteiger partial charge in [0.05, 0.1) is 12.5 Å². The van der Waals surface area contributed by atoms with Gasteiger partial charge in [-0.25, -0.2) is 0 Å². The van der Waals surface area contributed by atoms with Gasteiger partial charge in [0.1, 0.15) is 0 Å². The van der Waals surface area contributed by atoms with Gasteiger partial charge < -0.3 is 15.4 Å². The first kappa shape index (κ1) is 21.6. The molecule has 5 heteroatoms. The van der Waals surface area contributed by atoms with Crippen molar-refractivity contribution in [1.29, 1.82) is 0 Å². The average molecular weight is 383 g/mol. The van der Waals surface area contributed by atoms with Gasteiger partial charge in [0.15, 0.2) is 0 Å². The molecule has 0 saturated carbocycles. The maximum Gasteiger partial charge on any atom is 0.251 e. The molecule has 0 heterocycles. The quantitative estimate of drug-likeness (QED) is 0.644. The van der Waals surface area contributed by atoms with E-state index in [2.05, 4.69) is 36.6 Å². The third kappa shape index (κ3) is 6.50. The lowest BCUT2D eigenvalue weighted by atomic mass is 9.96. The van der Waals surface area contributed by atoms with Gasteiger partial charge in [0.2, 0.25) is 5.91 Å². The third-order valence-electron chi connectivity index (χ3n) is 4.50. The monoisotopic (exact) mass is 382 g/mol. The van der Waals surface area contributed by atoms with Crippen LogP contribution in [0.15, 0.2) is 48.5 Å². The molecule has 28 heavy (non-hydrogen) atoms. The Bertz CT molecular complexity index is 785. The zero-order valence-corrected chi connectivity index (χ0v) is 17.1. The summed E-state index contributed by atoms with van der Waals surface area (Å²) in [4.78, 5) is 24.8. The topological polar surface area (TPSA) is 67.4 Å². The van der Waals surface area contributed by atoms with Crippen molar-refractivity contribution in [3.8, 4) is 0 Å². The molecule has 0 aliphatic carbocycles. The van der Waals surface area contributed by atoms with Crippen molar-refractivity contribution in [3.05, 3.63) is 65.2 Å². The number of hydrogen-bond donors (Lipinski definition) is 2. The maximum atomic E-state index is 12.6. The largest absolute Gasteiger partial charge is 0.383 e. The van der Waals surface area contributed by atoms with Gasteiger partial charge in [0, 0.05) is 24.9 Å². The second kappa shape index (κ2) is 10.6. The first-order chi connectivity index (χ1) is 13.4. The fourth-order valence-electron chi connectivity index (χ4n) is 2.92. The van der Waals surface area contributed by atoms with Crippen LogP contribution in [-0.4, -0.2) is 32.1 Å². The van der Waals surface area contributed by atoms with Crippen molar-refractivity contribution in [2.45, 2.75) is 33.1 Å². The summed E-state index contributed by atoms with van der Waals surface area (Å²) in [5.74, 6) is 0.0216. The van der Waals surface area contributed by atoms with E-state index in [0.717, 1.165) is 12.0 Å². The lowest BCUT2D eigenvalue weighted by Gasteiger charge is -2.14. The minimum atomic E-state index is -0.285. The minimum Gasteiger partial charge on any atom is -0.383 e. The number of anilines is 1. The number of carbonyl (C=O) groups excluding carboxylic acids is 2. The molecule has 0 aliphatic heterocycles. The van der Waals surface area contributed by atoms with Crippen LogP contribution in [0.3, 0.4) is 0 Å². The van der Waals surface area contributed by atoms with Crippen LogP contribution in [0.4, 0.5) is 5.69 Å². The lowest BCUT2D eigenvalue weighted by Crippen LogP contribution is -2.27. The normalized spacial score (nSPS) is 11.9. The summed E-state index contributed by atoms with van der Waals surface area (Å²) < 4.78 is 4.93. The molecule has 0 aliphatic rings. The molecule has 150 valence electrons. The smallest absolute Gasteiger partial charge is 0.251 e. The summed E-state index contributed by atoms with van der Waals surface area (Å²) in [6.45, 7) is 7.16. The number of ether oxygens (including phenoxy) is 1. The Kier molecular flexibility index (Phi) is 8.20. The van der Waals surface area contributed by atoms with E-state index in [1.54, 1.807) is 31.4 Å². The predicted octanol–water partition coefficient (Wildman–Crippen LogP) is 4.00. The van der Waals surface area contributed by atoms with Crippen LogP contribution in [-0.2, 0) is 16.0 Å². The second-order valence-corrected chi connectivity index (χ2v) is 7.38. The highest BCUT2D eigenvalue weighted by Gasteiger charge is 2.16. The van der Waals surface area contributed by atoms with Gasteiger partial charge in [-0.05, 0) is 48.6 Å². The standard InChI is InChI=1S/C23H30N2O3/c1-16(2)14-18-8-10-19(11-9-18)17(3)22(26)25-21-7-5-6-20(15-21)23(27)24-12-13-28-4/h5-11,15-17H,12-14H2,1-4H3,(H,24,27)(H,25,26). The Balaban J connectivity index is 1.99. The maximum absolute atomic E-state index is 12.6. The summed E-state index contributed by atoms with van der Waals surface area (Å²) in [7, 11) is 1.58. The number of nitrogens with one attached hydrogen (secondary N) is 2. The molecular formula is C23H30N2O3. The SMILES string of the molecule is COCCNC(=O)c1cccc(NC(=O)C(C)c2ccc(CC(C)C)cc2)c1. The van der Waals surface area contributed by atoms with Gasteiger partial charge in [0.25, 0.3) is 5.91 Å². The van der Waals surface area contributed by atoms with E-state index < -0.39 is 0 Å². The van der Waals surface area contributed by atoms with Crippen LogP contribution >= 0.6 is 0 Å². The highest BCUT2D eigenvalue weighted by atomic mass is 16.5. The zero-order chi connectivity index (χ0) is 20.5. The second-order valence-electron chi connectivity index (χ2n) is 7.38. The first-order valence-corrected chi connectivity index (χ1v) is 9.67. The molecule has 2 aromatic rings. The van der Waals surface area contributed by atoms with Gasteiger partial charge in [-0.1, -0.05) is 44.2 Å². The van der Waals surface area contributed by atoms with Crippen LogP contribution in [0, 0.1) is 5.92 Å². The van der Waals surface area contributed by atoms with E-state index >= 15 is 0 Å². The van der Waals surface area contributed by atoms with E-state index in [4.69, 9.17) is 4.74 Å². The summed E-state index contributed by atoms with van der Waals surface area (Å²) in [5.41, 5.74) is 3.35. The van der Waals surface area contributed by atoms with E-state index in [1.807, 2.05) is 19.1 Å². The molecular weight excluding hydrogens is 352 g/mol. The summed E-state index contributed by atoms with van der Waals surface area (Å²) in [5, 5.41) is 5.68. The van der Waals surface area contributed by atoms with Crippen molar-refractivity contribution in [2.75, 3.05) is 25.6 Å². The number of rotatable bonds is 9. The van der Waals surface area contributed by atoms with Crippen LogP contribution in [0.5, 0.6) is 0 Å². The summed E-state index contributed by atoms with van der Waals surface area (Å²) >= 11 is 0. The molecule has 0 bridgehead atoms.